The molecule has 0 spiro atoms. The fourth-order valence-electron chi connectivity index (χ4n) is 2.41. The first-order valence-electron chi connectivity index (χ1n) is 8.27. The highest BCUT2D eigenvalue weighted by molar-refractivity contribution is 5.91. The van der Waals surface area contributed by atoms with Crippen LogP contribution in [-0.4, -0.2) is 56.8 Å². The number of carbonyl (C=O) groups is 1. The summed E-state index contributed by atoms with van der Waals surface area (Å²) in [6.07, 6.45) is 4.35. The van der Waals surface area contributed by atoms with Crippen molar-refractivity contribution in [3.8, 4) is 5.75 Å². The third-order valence-corrected chi connectivity index (χ3v) is 3.67. The molecule has 1 aromatic carbocycles. The maximum Gasteiger partial charge on any atom is 0.243 e. The molecule has 0 aromatic heterocycles. The zero-order valence-corrected chi connectivity index (χ0v) is 13.8. The van der Waals surface area contributed by atoms with Crippen LogP contribution >= 0.6 is 0 Å². The maximum absolute atomic E-state index is 11.8. The van der Waals surface area contributed by atoms with Crippen molar-refractivity contribution in [2.75, 3.05) is 46.0 Å². The molecular weight excluding hydrogens is 292 g/mol. The van der Waals surface area contributed by atoms with Crippen LogP contribution in [0.4, 0.5) is 0 Å². The summed E-state index contributed by atoms with van der Waals surface area (Å²) in [7, 11) is 0. The molecule has 0 saturated carbocycles. The summed E-state index contributed by atoms with van der Waals surface area (Å²) >= 11 is 0. The summed E-state index contributed by atoms with van der Waals surface area (Å²) in [5.74, 6) is 0.790. The molecule has 1 saturated heterocycles. The van der Waals surface area contributed by atoms with E-state index in [9.17, 15) is 4.79 Å². The van der Waals surface area contributed by atoms with Gasteiger partial charge in [-0.2, -0.15) is 0 Å². The Morgan fingerprint density at radius 3 is 2.74 bits per heavy atom. The van der Waals surface area contributed by atoms with Crippen LogP contribution in [-0.2, 0) is 9.53 Å². The van der Waals surface area contributed by atoms with Crippen LogP contribution in [0.3, 0.4) is 0 Å². The van der Waals surface area contributed by atoms with E-state index in [0.29, 0.717) is 13.2 Å². The van der Waals surface area contributed by atoms with Crippen molar-refractivity contribution in [1.29, 1.82) is 0 Å². The van der Waals surface area contributed by atoms with E-state index >= 15 is 0 Å². The molecule has 1 aromatic rings. The summed E-state index contributed by atoms with van der Waals surface area (Å²) in [6.45, 7) is 7.93. The first-order valence-corrected chi connectivity index (χ1v) is 8.27. The first-order chi connectivity index (χ1) is 11.3. The van der Waals surface area contributed by atoms with E-state index in [4.69, 9.17) is 9.47 Å². The van der Waals surface area contributed by atoms with Gasteiger partial charge in [0, 0.05) is 25.7 Å². The van der Waals surface area contributed by atoms with Gasteiger partial charge in [-0.05, 0) is 43.7 Å². The Balaban J connectivity index is 1.63. The van der Waals surface area contributed by atoms with Crippen molar-refractivity contribution in [3.05, 3.63) is 35.9 Å². The Morgan fingerprint density at radius 2 is 2.04 bits per heavy atom. The van der Waals surface area contributed by atoms with Gasteiger partial charge in [-0.1, -0.05) is 12.1 Å². The molecule has 126 valence electrons. The van der Waals surface area contributed by atoms with Crippen molar-refractivity contribution in [1.82, 2.24) is 10.2 Å². The van der Waals surface area contributed by atoms with Gasteiger partial charge in [0.2, 0.25) is 5.91 Å². The molecule has 1 amide bonds. The number of morpholine rings is 1. The van der Waals surface area contributed by atoms with E-state index in [1.54, 1.807) is 6.08 Å². The van der Waals surface area contributed by atoms with E-state index < -0.39 is 0 Å². The molecule has 0 radical (unpaired) electrons. The molecule has 1 N–H and O–H groups in total. The Kier molecular flexibility index (Phi) is 7.63. The second-order valence-electron chi connectivity index (χ2n) is 5.43. The van der Waals surface area contributed by atoms with Gasteiger partial charge in [0.25, 0.3) is 0 Å². The Morgan fingerprint density at radius 1 is 1.30 bits per heavy atom. The largest absolute Gasteiger partial charge is 0.494 e. The summed E-state index contributed by atoms with van der Waals surface area (Å²) in [4.78, 5) is 14.1. The average molecular weight is 318 g/mol. The fourth-order valence-corrected chi connectivity index (χ4v) is 2.41. The molecule has 2 rings (SSSR count). The van der Waals surface area contributed by atoms with Crippen LogP contribution in [0, 0.1) is 0 Å². The highest BCUT2D eigenvalue weighted by Crippen LogP contribution is 2.12. The Labute approximate surface area is 138 Å². The summed E-state index contributed by atoms with van der Waals surface area (Å²) < 4.78 is 10.7. The lowest BCUT2D eigenvalue weighted by Crippen LogP contribution is -2.38. The average Bonchev–Trinajstić information content (AvgIpc) is 2.59. The van der Waals surface area contributed by atoms with Gasteiger partial charge in [0.1, 0.15) is 5.75 Å². The highest BCUT2D eigenvalue weighted by atomic mass is 16.5. The zero-order chi connectivity index (χ0) is 16.3. The van der Waals surface area contributed by atoms with Gasteiger partial charge >= 0.3 is 0 Å². The molecule has 23 heavy (non-hydrogen) atoms. The Bertz CT molecular complexity index is 493. The molecular formula is C18H26N2O3. The van der Waals surface area contributed by atoms with E-state index in [0.717, 1.165) is 50.6 Å². The van der Waals surface area contributed by atoms with E-state index in [1.165, 1.54) is 0 Å². The summed E-state index contributed by atoms with van der Waals surface area (Å²) in [5, 5.41) is 2.92. The Hall–Kier alpha value is -1.85. The van der Waals surface area contributed by atoms with Crippen molar-refractivity contribution in [2.45, 2.75) is 13.3 Å². The molecule has 1 aliphatic rings. The van der Waals surface area contributed by atoms with Crippen LogP contribution in [0.15, 0.2) is 30.3 Å². The van der Waals surface area contributed by atoms with Crippen molar-refractivity contribution < 1.29 is 14.3 Å². The summed E-state index contributed by atoms with van der Waals surface area (Å²) in [6, 6.07) is 7.69. The lowest BCUT2D eigenvalue weighted by molar-refractivity contribution is -0.116. The van der Waals surface area contributed by atoms with Crippen LogP contribution < -0.4 is 10.1 Å². The van der Waals surface area contributed by atoms with Crippen LogP contribution in [0.2, 0.25) is 0 Å². The minimum absolute atomic E-state index is 0.0548. The number of nitrogens with one attached hydrogen (secondary N) is 1. The van der Waals surface area contributed by atoms with Crippen molar-refractivity contribution >= 4 is 12.0 Å². The lowest BCUT2D eigenvalue weighted by Gasteiger charge is -2.26. The van der Waals surface area contributed by atoms with Crippen molar-refractivity contribution in [3.63, 3.8) is 0 Å². The van der Waals surface area contributed by atoms with E-state index in [-0.39, 0.29) is 5.91 Å². The second kappa shape index (κ2) is 10.0. The number of benzene rings is 1. The SMILES string of the molecule is CCOc1ccc(/C=C/C(=O)NCCCN2CCOCC2)cc1. The minimum atomic E-state index is -0.0548. The zero-order valence-electron chi connectivity index (χ0n) is 13.8. The van der Waals surface area contributed by atoms with Gasteiger partial charge in [-0.3, -0.25) is 9.69 Å². The smallest absolute Gasteiger partial charge is 0.243 e. The fraction of sp³-hybridized carbons (Fsp3) is 0.500. The topological polar surface area (TPSA) is 50.8 Å². The van der Waals surface area contributed by atoms with Crippen LogP contribution in [0.1, 0.15) is 18.9 Å². The number of ether oxygens (including phenoxy) is 2. The van der Waals surface area contributed by atoms with Gasteiger partial charge < -0.3 is 14.8 Å². The molecule has 0 unspecified atom stereocenters. The van der Waals surface area contributed by atoms with Crippen molar-refractivity contribution in [2.24, 2.45) is 0 Å². The normalized spacial score (nSPS) is 15.7. The van der Waals surface area contributed by atoms with E-state index in [1.807, 2.05) is 37.3 Å². The monoisotopic (exact) mass is 318 g/mol. The van der Waals surface area contributed by atoms with Gasteiger partial charge in [-0.25, -0.2) is 0 Å². The number of carbonyl (C=O) groups excluding carboxylic acids is 1. The molecule has 1 aliphatic heterocycles. The maximum atomic E-state index is 11.8. The summed E-state index contributed by atoms with van der Waals surface area (Å²) in [5.41, 5.74) is 0.983. The number of hydrogen-bond acceptors (Lipinski definition) is 4. The third-order valence-electron chi connectivity index (χ3n) is 3.67. The predicted octanol–water partition coefficient (Wildman–Crippen LogP) is 1.94. The molecule has 5 nitrogen and oxygen atoms in total. The minimum Gasteiger partial charge on any atom is -0.494 e. The highest BCUT2D eigenvalue weighted by Gasteiger charge is 2.09. The number of amides is 1. The van der Waals surface area contributed by atoms with E-state index in [2.05, 4.69) is 10.2 Å². The predicted molar refractivity (Wildman–Crippen MR) is 91.5 cm³/mol. The lowest BCUT2D eigenvalue weighted by atomic mass is 10.2. The second-order valence-corrected chi connectivity index (χ2v) is 5.43. The first kappa shape index (κ1) is 17.5. The number of rotatable bonds is 8. The standard InChI is InChI=1S/C18H26N2O3/c1-2-23-17-7-4-16(5-8-17)6-9-18(21)19-10-3-11-20-12-14-22-15-13-20/h4-9H,2-3,10-15H2,1H3,(H,19,21)/b9-6+. The molecule has 1 heterocycles. The molecule has 0 aliphatic carbocycles. The number of nitrogens with zero attached hydrogens (tertiary/aromatic N) is 1. The quantitative estimate of drug-likeness (QED) is 0.588. The van der Waals surface area contributed by atoms with Gasteiger partial charge in [0.05, 0.1) is 19.8 Å². The third kappa shape index (κ3) is 6.84. The molecule has 5 heteroatoms. The molecule has 0 atom stereocenters. The van der Waals surface area contributed by atoms with Gasteiger partial charge in [0.15, 0.2) is 0 Å². The molecule has 1 fully saturated rings. The van der Waals surface area contributed by atoms with Crippen LogP contribution in [0.25, 0.3) is 6.08 Å². The van der Waals surface area contributed by atoms with Gasteiger partial charge in [-0.15, -0.1) is 0 Å². The van der Waals surface area contributed by atoms with Crippen LogP contribution in [0.5, 0.6) is 5.75 Å². The molecule has 0 bridgehead atoms. The number of hydrogen-bond donors (Lipinski definition) is 1.